The van der Waals surface area contributed by atoms with E-state index in [4.69, 9.17) is 10.8 Å². The van der Waals surface area contributed by atoms with Gasteiger partial charge in [0, 0.05) is 13.0 Å². The highest BCUT2D eigenvalue weighted by Crippen LogP contribution is 2.21. The van der Waals surface area contributed by atoms with E-state index >= 15 is 0 Å². The largest absolute Gasteiger partial charge is 0.480 e. The third kappa shape index (κ3) is 9.97. The number of carbonyl (C=O) groups is 3. The van der Waals surface area contributed by atoms with Crippen molar-refractivity contribution >= 4 is 17.9 Å². The lowest BCUT2D eigenvalue weighted by molar-refractivity contribution is -0.141. The van der Waals surface area contributed by atoms with E-state index in [0.717, 1.165) is 0 Å². The summed E-state index contributed by atoms with van der Waals surface area (Å²) in [7, 11) is 0. The molecule has 0 aliphatic heterocycles. The monoisotopic (exact) mass is 299 g/mol. The average Bonchev–Trinajstić information content (AvgIpc) is 2.25. The number of carboxylic acids is 1. The normalized spacial score (nSPS) is 12.6. The standard InChI is InChI=1S/C10H16F3N3O4/c11-10(12,13)3-1-2-4-15-9(20)16-6(8(18)19)5-7(14)17/h6H,1-5H2,(H2,14,17)(H,18,19)(H2,15,16,20)/t6-/m0/s1. The first-order valence-corrected chi connectivity index (χ1v) is 5.74. The number of hydrogen-bond donors (Lipinski definition) is 4. The van der Waals surface area contributed by atoms with Crippen molar-refractivity contribution in [1.29, 1.82) is 0 Å². The van der Waals surface area contributed by atoms with Gasteiger partial charge >= 0.3 is 18.2 Å². The Balaban J connectivity index is 3.91. The van der Waals surface area contributed by atoms with Crippen LogP contribution in [-0.2, 0) is 9.59 Å². The van der Waals surface area contributed by atoms with Crippen molar-refractivity contribution in [3.63, 3.8) is 0 Å². The van der Waals surface area contributed by atoms with Crippen LogP contribution in [0.5, 0.6) is 0 Å². The Labute approximate surface area is 112 Å². The van der Waals surface area contributed by atoms with Gasteiger partial charge in [-0.25, -0.2) is 9.59 Å². The Kier molecular flexibility index (Phi) is 7.40. The van der Waals surface area contributed by atoms with E-state index in [1.54, 1.807) is 0 Å². The predicted molar refractivity (Wildman–Crippen MR) is 61.7 cm³/mol. The van der Waals surface area contributed by atoms with Crippen molar-refractivity contribution in [3.8, 4) is 0 Å². The van der Waals surface area contributed by atoms with E-state index in [1.807, 2.05) is 5.32 Å². The molecule has 0 unspecified atom stereocenters. The lowest BCUT2D eigenvalue weighted by atomic mass is 10.2. The molecular formula is C10H16F3N3O4. The van der Waals surface area contributed by atoms with Gasteiger partial charge in [0.25, 0.3) is 0 Å². The number of halogens is 3. The van der Waals surface area contributed by atoms with Gasteiger partial charge < -0.3 is 21.5 Å². The van der Waals surface area contributed by atoms with Crippen LogP contribution in [0.1, 0.15) is 25.7 Å². The lowest BCUT2D eigenvalue weighted by Crippen LogP contribution is -2.47. The first-order valence-electron chi connectivity index (χ1n) is 5.74. The van der Waals surface area contributed by atoms with Gasteiger partial charge in [0.15, 0.2) is 0 Å². The number of nitrogens with two attached hydrogens (primary N) is 1. The number of alkyl halides is 3. The number of hydrogen-bond acceptors (Lipinski definition) is 3. The molecule has 7 nitrogen and oxygen atoms in total. The fourth-order valence-electron chi connectivity index (χ4n) is 1.26. The fraction of sp³-hybridized carbons (Fsp3) is 0.700. The molecule has 0 spiro atoms. The predicted octanol–water partition coefficient (Wildman–Crippen LogP) is 0.347. The molecule has 0 rings (SSSR count). The number of unbranched alkanes of at least 4 members (excludes halogenated alkanes) is 1. The Hall–Kier alpha value is -2.00. The number of rotatable bonds is 8. The van der Waals surface area contributed by atoms with Gasteiger partial charge in [0.1, 0.15) is 6.04 Å². The molecule has 0 heterocycles. The maximum atomic E-state index is 11.8. The Morgan fingerprint density at radius 3 is 2.25 bits per heavy atom. The van der Waals surface area contributed by atoms with E-state index in [9.17, 15) is 27.6 Å². The summed E-state index contributed by atoms with van der Waals surface area (Å²) in [4.78, 5) is 32.5. The summed E-state index contributed by atoms with van der Waals surface area (Å²) in [6.45, 7) is -0.0369. The van der Waals surface area contributed by atoms with Crippen molar-refractivity contribution in [1.82, 2.24) is 10.6 Å². The number of amides is 3. The number of aliphatic carboxylic acids is 1. The van der Waals surface area contributed by atoms with E-state index < -0.39 is 43.0 Å². The van der Waals surface area contributed by atoms with Gasteiger partial charge in [-0.15, -0.1) is 0 Å². The molecule has 0 saturated heterocycles. The zero-order chi connectivity index (χ0) is 15.8. The second kappa shape index (κ2) is 8.23. The molecular weight excluding hydrogens is 283 g/mol. The molecule has 0 fully saturated rings. The summed E-state index contributed by atoms with van der Waals surface area (Å²) in [5, 5.41) is 12.9. The summed E-state index contributed by atoms with van der Waals surface area (Å²) in [6, 6.07) is -2.35. The molecule has 0 aromatic rings. The second-order valence-electron chi connectivity index (χ2n) is 4.03. The molecule has 0 saturated carbocycles. The summed E-state index contributed by atoms with van der Waals surface area (Å²) in [5.41, 5.74) is 4.81. The van der Waals surface area contributed by atoms with Gasteiger partial charge in [-0.2, -0.15) is 13.2 Å². The minimum atomic E-state index is -4.24. The third-order valence-electron chi connectivity index (χ3n) is 2.18. The van der Waals surface area contributed by atoms with Gasteiger partial charge in [-0.3, -0.25) is 4.79 Å². The Morgan fingerprint density at radius 1 is 1.20 bits per heavy atom. The number of carboxylic acid groups (broad SMARTS) is 1. The lowest BCUT2D eigenvalue weighted by Gasteiger charge is -2.13. The highest BCUT2D eigenvalue weighted by molar-refractivity contribution is 5.87. The SMILES string of the molecule is NC(=O)C[C@H](NC(=O)NCCCCC(F)(F)F)C(=O)O. The van der Waals surface area contributed by atoms with Crippen LogP contribution in [0.4, 0.5) is 18.0 Å². The van der Waals surface area contributed by atoms with Crippen molar-refractivity contribution in [2.24, 2.45) is 5.73 Å². The first kappa shape index (κ1) is 18.0. The maximum Gasteiger partial charge on any atom is 0.389 e. The topological polar surface area (TPSA) is 122 Å². The van der Waals surface area contributed by atoms with Crippen LogP contribution in [0.15, 0.2) is 0 Å². The summed E-state index contributed by atoms with van der Waals surface area (Å²) in [6.07, 6.45) is -5.81. The van der Waals surface area contributed by atoms with Crippen LogP contribution >= 0.6 is 0 Å². The molecule has 0 radical (unpaired) electrons. The number of urea groups is 1. The third-order valence-corrected chi connectivity index (χ3v) is 2.18. The van der Waals surface area contributed by atoms with Gasteiger partial charge in [-0.05, 0) is 12.8 Å². The van der Waals surface area contributed by atoms with Crippen LogP contribution < -0.4 is 16.4 Å². The van der Waals surface area contributed by atoms with E-state index in [1.165, 1.54) is 0 Å². The smallest absolute Gasteiger partial charge is 0.389 e. The number of primary amides is 1. The summed E-state index contributed by atoms with van der Waals surface area (Å²) >= 11 is 0. The molecule has 0 aromatic heterocycles. The van der Waals surface area contributed by atoms with Crippen molar-refractivity contribution in [2.45, 2.75) is 37.9 Å². The molecule has 0 aromatic carbocycles. The van der Waals surface area contributed by atoms with Gasteiger partial charge in [0.2, 0.25) is 5.91 Å². The molecule has 20 heavy (non-hydrogen) atoms. The maximum absolute atomic E-state index is 11.8. The van der Waals surface area contributed by atoms with E-state index in [-0.39, 0.29) is 19.4 Å². The number of carbonyl (C=O) groups excluding carboxylic acids is 2. The molecule has 0 aliphatic rings. The van der Waals surface area contributed by atoms with Crippen LogP contribution in [0.2, 0.25) is 0 Å². The molecule has 5 N–H and O–H groups in total. The highest BCUT2D eigenvalue weighted by atomic mass is 19.4. The zero-order valence-corrected chi connectivity index (χ0v) is 10.5. The van der Waals surface area contributed by atoms with Crippen LogP contribution in [0, 0.1) is 0 Å². The Morgan fingerprint density at radius 2 is 1.80 bits per heavy atom. The first-order chi connectivity index (χ1) is 9.11. The van der Waals surface area contributed by atoms with Crippen molar-refractivity contribution < 1.29 is 32.7 Å². The van der Waals surface area contributed by atoms with Crippen molar-refractivity contribution in [3.05, 3.63) is 0 Å². The molecule has 0 bridgehead atoms. The van der Waals surface area contributed by atoms with E-state index in [0.29, 0.717) is 0 Å². The van der Waals surface area contributed by atoms with Crippen LogP contribution in [0.25, 0.3) is 0 Å². The molecule has 1 atom stereocenters. The zero-order valence-electron chi connectivity index (χ0n) is 10.5. The molecule has 116 valence electrons. The summed E-state index contributed by atoms with van der Waals surface area (Å²) < 4.78 is 35.4. The van der Waals surface area contributed by atoms with Gasteiger partial charge in [-0.1, -0.05) is 0 Å². The van der Waals surface area contributed by atoms with Crippen molar-refractivity contribution in [2.75, 3.05) is 6.54 Å². The van der Waals surface area contributed by atoms with Crippen LogP contribution in [-0.4, -0.2) is 41.8 Å². The Bertz CT molecular complexity index is 360. The minimum Gasteiger partial charge on any atom is -0.480 e. The van der Waals surface area contributed by atoms with Gasteiger partial charge in [0.05, 0.1) is 6.42 Å². The van der Waals surface area contributed by atoms with E-state index in [2.05, 4.69) is 5.32 Å². The minimum absolute atomic E-state index is 0.0369. The molecule has 10 heteroatoms. The molecule has 0 aliphatic carbocycles. The van der Waals surface area contributed by atoms with Crippen LogP contribution in [0.3, 0.4) is 0 Å². The summed E-state index contributed by atoms with van der Waals surface area (Å²) in [5.74, 6) is -2.33. The average molecular weight is 299 g/mol. The quantitative estimate of drug-likeness (QED) is 0.483. The fourth-order valence-corrected chi connectivity index (χ4v) is 1.26. The molecule has 3 amide bonds. The highest BCUT2D eigenvalue weighted by Gasteiger charge is 2.26. The number of nitrogens with one attached hydrogen (secondary N) is 2. The second-order valence-corrected chi connectivity index (χ2v) is 4.03.